The van der Waals surface area contributed by atoms with Gasteiger partial charge in [0.25, 0.3) is 0 Å². The lowest BCUT2D eigenvalue weighted by molar-refractivity contribution is 0.536. The molecule has 0 aromatic carbocycles. The van der Waals surface area contributed by atoms with Crippen molar-refractivity contribution in [2.75, 3.05) is 0 Å². The van der Waals surface area contributed by atoms with Crippen molar-refractivity contribution in [3.8, 4) is 0 Å². The van der Waals surface area contributed by atoms with E-state index in [0.29, 0.717) is 0 Å². The molecule has 0 bridgehead atoms. The van der Waals surface area contributed by atoms with E-state index in [1.165, 1.54) is 44.9 Å². The first kappa shape index (κ1) is 8.83. The SMILES string of the molecule is CC1/C=C\CCCCCCC1. The molecule has 0 N–H and O–H groups in total. The van der Waals surface area contributed by atoms with Gasteiger partial charge in [0, 0.05) is 0 Å². The Hall–Kier alpha value is -0.260. The van der Waals surface area contributed by atoms with Crippen LogP contribution in [0.1, 0.15) is 51.9 Å². The Kier molecular flexibility index (Phi) is 4.33. The molecule has 1 atom stereocenters. The molecule has 0 spiro atoms. The molecule has 0 radical (unpaired) electrons. The van der Waals surface area contributed by atoms with Crippen LogP contribution in [-0.2, 0) is 0 Å². The van der Waals surface area contributed by atoms with Gasteiger partial charge in [-0.1, -0.05) is 44.8 Å². The summed E-state index contributed by atoms with van der Waals surface area (Å²) in [4.78, 5) is 0. The lowest BCUT2D eigenvalue weighted by Crippen LogP contribution is -1.91. The third-order valence-corrected chi connectivity index (χ3v) is 2.49. The summed E-state index contributed by atoms with van der Waals surface area (Å²) in [5, 5.41) is 0. The highest BCUT2D eigenvalue weighted by atomic mass is 14.0. The molecule has 0 saturated carbocycles. The zero-order valence-electron chi connectivity index (χ0n) is 7.68. The lowest BCUT2D eigenvalue weighted by Gasteiger charge is -2.07. The van der Waals surface area contributed by atoms with Crippen molar-refractivity contribution in [1.82, 2.24) is 0 Å². The number of allylic oxidation sites excluding steroid dienone is 2. The van der Waals surface area contributed by atoms with Gasteiger partial charge in [0.1, 0.15) is 0 Å². The topological polar surface area (TPSA) is 0 Å². The summed E-state index contributed by atoms with van der Waals surface area (Å²) in [5.74, 6) is 0.827. The summed E-state index contributed by atoms with van der Waals surface area (Å²) < 4.78 is 0. The van der Waals surface area contributed by atoms with Gasteiger partial charge < -0.3 is 0 Å². The molecule has 0 heterocycles. The Morgan fingerprint density at radius 2 is 1.73 bits per heavy atom. The van der Waals surface area contributed by atoms with Gasteiger partial charge in [-0.2, -0.15) is 0 Å². The molecular formula is C11H20. The van der Waals surface area contributed by atoms with Crippen molar-refractivity contribution in [2.45, 2.75) is 51.9 Å². The molecule has 0 fully saturated rings. The molecule has 0 amide bonds. The van der Waals surface area contributed by atoms with E-state index in [1.54, 1.807) is 0 Å². The van der Waals surface area contributed by atoms with Gasteiger partial charge in [0.2, 0.25) is 0 Å². The standard InChI is InChI=1S/C11H20/c1-11-9-7-5-3-2-4-6-8-10-11/h7,9,11H,2-6,8,10H2,1H3/b9-7-. The summed E-state index contributed by atoms with van der Waals surface area (Å²) in [6.45, 7) is 2.33. The van der Waals surface area contributed by atoms with Crippen LogP contribution in [0, 0.1) is 5.92 Å². The normalized spacial score (nSPS) is 31.2. The molecule has 1 unspecified atom stereocenters. The fraction of sp³-hybridized carbons (Fsp3) is 0.818. The second-order valence-corrected chi connectivity index (χ2v) is 3.75. The number of rotatable bonds is 0. The molecule has 0 aliphatic heterocycles. The van der Waals surface area contributed by atoms with E-state index >= 15 is 0 Å². The number of hydrogen-bond donors (Lipinski definition) is 0. The van der Waals surface area contributed by atoms with Crippen LogP contribution in [0.4, 0.5) is 0 Å². The maximum atomic E-state index is 2.39. The molecule has 11 heavy (non-hydrogen) atoms. The van der Waals surface area contributed by atoms with E-state index in [0.717, 1.165) is 5.92 Å². The average Bonchev–Trinajstić information content (AvgIpc) is 2.03. The van der Waals surface area contributed by atoms with Crippen LogP contribution in [-0.4, -0.2) is 0 Å². The minimum absolute atomic E-state index is 0.827. The highest BCUT2D eigenvalue weighted by Gasteiger charge is 1.98. The van der Waals surface area contributed by atoms with E-state index in [2.05, 4.69) is 19.1 Å². The van der Waals surface area contributed by atoms with Gasteiger partial charge >= 0.3 is 0 Å². The second kappa shape index (κ2) is 5.40. The maximum absolute atomic E-state index is 2.39. The zero-order valence-corrected chi connectivity index (χ0v) is 7.68. The monoisotopic (exact) mass is 152 g/mol. The van der Waals surface area contributed by atoms with E-state index in [1.807, 2.05) is 0 Å². The van der Waals surface area contributed by atoms with Crippen molar-refractivity contribution in [3.05, 3.63) is 12.2 Å². The van der Waals surface area contributed by atoms with Gasteiger partial charge in [0.05, 0.1) is 0 Å². The van der Waals surface area contributed by atoms with Crippen LogP contribution in [0.3, 0.4) is 0 Å². The minimum atomic E-state index is 0.827. The third kappa shape index (κ3) is 4.23. The quantitative estimate of drug-likeness (QED) is 0.461. The summed E-state index contributed by atoms with van der Waals surface area (Å²) in [6, 6.07) is 0. The molecule has 0 nitrogen and oxygen atoms in total. The van der Waals surface area contributed by atoms with E-state index in [4.69, 9.17) is 0 Å². The fourth-order valence-electron chi connectivity index (χ4n) is 1.68. The van der Waals surface area contributed by atoms with Gasteiger partial charge in [-0.3, -0.25) is 0 Å². The largest absolute Gasteiger partial charge is 0.0883 e. The zero-order chi connectivity index (χ0) is 7.94. The van der Waals surface area contributed by atoms with Crippen LogP contribution in [0.2, 0.25) is 0 Å². The number of hydrogen-bond acceptors (Lipinski definition) is 0. The Morgan fingerprint density at radius 3 is 2.64 bits per heavy atom. The van der Waals surface area contributed by atoms with Gasteiger partial charge in [-0.25, -0.2) is 0 Å². The predicted molar refractivity (Wildman–Crippen MR) is 50.6 cm³/mol. The van der Waals surface area contributed by atoms with Gasteiger partial charge in [0.15, 0.2) is 0 Å². The molecule has 0 aromatic heterocycles. The van der Waals surface area contributed by atoms with Crippen LogP contribution in [0.5, 0.6) is 0 Å². The van der Waals surface area contributed by atoms with Gasteiger partial charge in [-0.15, -0.1) is 0 Å². The smallest absolute Gasteiger partial charge is 0.0262 e. The molecule has 0 saturated heterocycles. The van der Waals surface area contributed by atoms with Crippen molar-refractivity contribution in [1.29, 1.82) is 0 Å². The first-order chi connectivity index (χ1) is 5.39. The van der Waals surface area contributed by atoms with Crippen LogP contribution in [0.25, 0.3) is 0 Å². The Balaban J connectivity index is 2.26. The van der Waals surface area contributed by atoms with Crippen molar-refractivity contribution in [3.63, 3.8) is 0 Å². The first-order valence-corrected chi connectivity index (χ1v) is 5.06. The molecule has 1 rings (SSSR count). The second-order valence-electron chi connectivity index (χ2n) is 3.75. The molecule has 64 valence electrons. The van der Waals surface area contributed by atoms with Crippen molar-refractivity contribution < 1.29 is 0 Å². The van der Waals surface area contributed by atoms with Crippen molar-refractivity contribution >= 4 is 0 Å². The molecule has 1 aliphatic rings. The minimum Gasteiger partial charge on any atom is -0.0883 e. The molecule has 0 aromatic rings. The van der Waals surface area contributed by atoms with E-state index < -0.39 is 0 Å². The maximum Gasteiger partial charge on any atom is -0.0262 e. The Morgan fingerprint density at radius 1 is 1.00 bits per heavy atom. The molecular weight excluding hydrogens is 132 g/mol. The van der Waals surface area contributed by atoms with E-state index in [-0.39, 0.29) is 0 Å². The predicted octanol–water partition coefficient (Wildman–Crippen LogP) is 3.92. The summed E-state index contributed by atoms with van der Waals surface area (Å²) >= 11 is 0. The highest BCUT2D eigenvalue weighted by molar-refractivity contribution is 4.86. The van der Waals surface area contributed by atoms with Crippen molar-refractivity contribution in [2.24, 2.45) is 5.92 Å². The van der Waals surface area contributed by atoms with Crippen LogP contribution in [0.15, 0.2) is 12.2 Å². The average molecular weight is 152 g/mol. The first-order valence-electron chi connectivity index (χ1n) is 5.06. The van der Waals surface area contributed by atoms with Gasteiger partial charge in [-0.05, 0) is 25.2 Å². The van der Waals surface area contributed by atoms with Crippen LogP contribution < -0.4 is 0 Å². The molecule has 1 aliphatic carbocycles. The third-order valence-electron chi connectivity index (χ3n) is 2.49. The Labute approximate surface area is 70.7 Å². The van der Waals surface area contributed by atoms with Crippen LogP contribution >= 0.6 is 0 Å². The molecule has 0 heteroatoms. The Bertz CT molecular complexity index is 113. The summed E-state index contributed by atoms with van der Waals surface area (Å²) in [6.07, 6.45) is 14.7. The highest BCUT2D eigenvalue weighted by Crippen LogP contribution is 2.15. The summed E-state index contributed by atoms with van der Waals surface area (Å²) in [7, 11) is 0. The lowest BCUT2D eigenvalue weighted by atomic mass is 9.99. The van der Waals surface area contributed by atoms with E-state index in [9.17, 15) is 0 Å². The summed E-state index contributed by atoms with van der Waals surface area (Å²) in [5.41, 5.74) is 0. The fourth-order valence-corrected chi connectivity index (χ4v) is 1.68.